The van der Waals surface area contributed by atoms with Crippen molar-refractivity contribution in [3.63, 3.8) is 0 Å². The summed E-state index contributed by atoms with van der Waals surface area (Å²) in [7, 11) is 0. The fourth-order valence-corrected chi connectivity index (χ4v) is 6.48. The van der Waals surface area contributed by atoms with Gasteiger partial charge in [-0.3, -0.25) is 29.6 Å². The van der Waals surface area contributed by atoms with Gasteiger partial charge in [0.1, 0.15) is 5.75 Å². The van der Waals surface area contributed by atoms with Crippen LogP contribution in [0.25, 0.3) is 10.8 Å². The van der Waals surface area contributed by atoms with Crippen LogP contribution in [0.5, 0.6) is 5.75 Å². The third-order valence-electron chi connectivity index (χ3n) is 7.87. The molecule has 3 fully saturated rings. The molecule has 33 heavy (non-hydrogen) atoms. The molecule has 168 valence electrons. The lowest BCUT2D eigenvalue weighted by atomic mass is 9.57. The molecule has 2 aromatic carbocycles. The van der Waals surface area contributed by atoms with Crippen LogP contribution in [0.1, 0.15) is 24.3 Å². The number of amides is 4. The highest BCUT2D eigenvalue weighted by Gasteiger charge is 2.62. The van der Waals surface area contributed by atoms with Crippen LogP contribution in [0, 0.1) is 29.6 Å². The van der Waals surface area contributed by atoms with Crippen LogP contribution >= 0.6 is 0 Å². The van der Waals surface area contributed by atoms with Crippen LogP contribution in [0.15, 0.2) is 48.0 Å². The smallest absolute Gasteiger partial charge is 0.258 e. The largest absolute Gasteiger partial charge is 0.507 e. The number of imide groups is 2. The number of aromatic hydroxyl groups is 1. The van der Waals surface area contributed by atoms with E-state index in [0.717, 1.165) is 5.57 Å². The lowest BCUT2D eigenvalue weighted by molar-refractivity contribution is -0.174. The van der Waals surface area contributed by atoms with Gasteiger partial charge in [-0.05, 0) is 35.8 Å². The molecule has 9 nitrogen and oxygen atoms in total. The second-order valence-corrected chi connectivity index (χ2v) is 9.22. The number of carbonyl (C=O) groups is 4. The maximum absolute atomic E-state index is 13.0. The number of nitrogens with zero attached hydrogens (tertiary/aromatic N) is 2. The number of hydrogen-bond donors (Lipinski definition) is 3. The zero-order valence-corrected chi connectivity index (χ0v) is 17.3. The third kappa shape index (κ3) is 2.49. The first-order valence-electron chi connectivity index (χ1n) is 10.8. The third-order valence-corrected chi connectivity index (χ3v) is 7.87. The first kappa shape index (κ1) is 20.1. The molecule has 0 aromatic heterocycles. The van der Waals surface area contributed by atoms with Crippen LogP contribution in [0.4, 0.5) is 0 Å². The number of fused-ring (bicyclic) bond motifs is 5. The van der Waals surface area contributed by atoms with Crippen molar-refractivity contribution in [2.45, 2.75) is 18.8 Å². The van der Waals surface area contributed by atoms with Crippen molar-refractivity contribution in [2.75, 3.05) is 0 Å². The van der Waals surface area contributed by atoms with Crippen LogP contribution < -0.4 is 0 Å². The first-order valence-corrected chi connectivity index (χ1v) is 10.8. The van der Waals surface area contributed by atoms with Gasteiger partial charge in [-0.2, -0.15) is 10.1 Å². The highest BCUT2D eigenvalue weighted by molar-refractivity contribution is 6.07. The molecule has 0 unspecified atom stereocenters. The van der Waals surface area contributed by atoms with E-state index in [1.54, 1.807) is 24.3 Å². The molecule has 6 rings (SSSR count). The van der Waals surface area contributed by atoms with Crippen molar-refractivity contribution in [3.05, 3.63) is 53.6 Å². The zero-order valence-electron chi connectivity index (χ0n) is 17.3. The first-order chi connectivity index (χ1) is 15.8. The van der Waals surface area contributed by atoms with Crippen LogP contribution in [0.2, 0.25) is 0 Å². The highest BCUT2D eigenvalue weighted by Crippen LogP contribution is 2.58. The molecule has 1 saturated carbocycles. The standard InChI is InChI=1S/C24H20N2O7/c27-17-8-7-12(10-3-1-2-4-11(10)17)18-13-5-6-14-19(23(30)25(32)21(14)28)15(13)9-16-20(18)24(31)26(33)22(16)29/h1-5,7-8,14-16,18-20,27,32-33H,6,9H2/t14-,15+,16+,18-,19-,20+/m0/s1. The number of hydrogen-bond acceptors (Lipinski definition) is 7. The SMILES string of the molecule is O=C1[C@H]2[C@H](CC=C3[C@H]2C[C@H]2C(=O)N(O)C(=O)[C@H]2[C@H]3c2ccc(O)c3ccccc23)C(=O)N1O. The summed E-state index contributed by atoms with van der Waals surface area (Å²) in [5.74, 6) is -7.18. The summed E-state index contributed by atoms with van der Waals surface area (Å²) in [5.41, 5.74) is 1.45. The van der Waals surface area contributed by atoms with Crippen molar-refractivity contribution in [1.29, 1.82) is 0 Å². The number of carbonyl (C=O) groups excluding carboxylic acids is 4. The van der Waals surface area contributed by atoms with E-state index in [1.165, 1.54) is 6.07 Å². The molecular weight excluding hydrogens is 428 g/mol. The number of rotatable bonds is 1. The number of allylic oxidation sites excluding steroid dienone is 2. The lowest BCUT2D eigenvalue weighted by Crippen LogP contribution is -2.43. The Kier molecular flexibility index (Phi) is 4.09. The monoisotopic (exact) mass is 448 g/mol. The molecule has 2 aliphatic carbocycles. The Bertz CT molecular complexity index is 1300. The molecule has 2 saturated heterocycles. The van der Waals surface area contributed by atoms with Gasteiger partial charge in [0.05, 0.1) is 23.7 Å². The van der Waals surface area contributed by atoms with E-state index in [0.29, 0.717) is 16.3 Å². The second-order valence-electron chi connectivity index (χ2n) is 9.22. The van der Waals surface area contributed by atoms with Gasteiger partial charge in [-0.15, -0.1) is 0 Å². The predicted octanol–water partition coefficient (Wildman–Crippen LogP) is 1.96. The van der Waals surface area contributed by atoms with Crippen molar-refractivity contribution >= 4 is 34.4 Å². The van der Waals surface area contributed by atoms with Gasteiger partial charge < -0.3 is 5.11 Å². The van der Waals surface area contributed by atoms with Crippen LogP contribution in [-0.2, 0) is 19.2 Å². The van der Waals surface area contributed by atoms with Gasteiger partial charge >= 0.3 is 0 Å². The molecular formula is C24H20N2O7. The van der Waals surface area contributed by atoms with E-state index >= 15 is 0 Å². The van der Waals surface area contributed by atoms with Crippen LogP contribution in [0.3, 0.4) is 0 Å². The van der Waals surface area contributed by atoms with Crippen molar-refractivity contribution in [2.24, 2.45) is 29.6 Å². The molecule has 0 spiro atoms. The topological polar surface area (TPSA) is 135 Å². The maximum atomic E-state index is 13.0. The normalized spacial score (nSPS) is 33.3. The molecule has 0 bridgehead atoms. The van der Waals surface area contributed by atoms with E-state index in [9.17, 15) is 34.7 Å². The molecule has 3 N–H and O–H groups in total. The van der Waals surface area contributed by atoms with E-state index in [2.05, 4.69) is 0 Å². The van der Waals surface area contributed by atoms with Crippen LogP contribution in [-0.4, -0.2) is 49.3 Å². The lowest BCUT2D eigenvalue weighted by Gasteiger charge is -2.44. The number of hydroxylamine groups is 4. The molecule has 4 amide bonds. The summed E-state index contributed by atoms with van der Waals surface area (Å²) in [6, 6.07) is 10.4. The summed E-state index contributed by atoms with van der Waals surface area (Å²) in [5, 5.41) is 32.1. The van der Waals surface area contributed by atoms with Gasteiger partial charge in [0, 0.05) is 11.3 Å². The van der Waals surface area contributed by atoms with Crippen molar-refractivity contribution in [3.8, 4) is 5.75 Å². The molecule has 2 aliphatic heterocycles. The van der Waals surface area contributed by atoms with Crippen molar-refractivity contribution in [1.82, 2.24) is 10.1 Å². The van der Waals surface area contributed by atoms with Gasteiger partial charge in [-0.1, -0.05) is 42.0 Å². The molecule has 9 heteroatoms. The fourth-order valence-electron chi connectivity index (χ4n) is 6.48. The summed E-state index contributed by atoms with van der Waals surface area (Å²) in [6.07, 6.45) is 2.20. The maximum Gasteiger partial charge on any atom is 0.258 e. The average Bonchev–Trinajstić information content (AvgIpc) is 3.18. The quantitative estimate of drug-likeness (QED) is 0.345. The summed E-state index contributed by atoms with van der Waals surface area (Å²) in [6.45, 7) is 0. The number of phenolic OH excluding ortho intramolecular Hbond substituents is 1. The minimum atomic E-state index is -0.869. The Morgan fingerprint density at radius 2 is 1.36 bits per heavy atom. The minimum absolute atomic E-state index is 0.0704. The van der Waals surface area contributed by atoms with Gasteiger partial charge in [0.25, 0.3) is 23.6 Å². The number of phenols is 1. The van der Waals surface area contributed by atoms with E-state index in [-0.39, 0.29) is 28.7 Å². The summed E-state index contributed by atoms with van der Waals surface area (Å²) >= 11 is 0. The Labute approximate surface area is 187 Å². The van der Waals surface area contributed by atoms with E-state index in [4.69, 9.17) is 0 Å². The predicted molar refractivity (Wildman–Crippen MR) is 110 cm³/mol. The van der Waals surface area contributed by atoms with Crippen molar-refractivity contribution < 1.29 is 34.7 Å². The fraction of sp³-hybridized carbons (Fsp3) is 0.333. The second kappa shape index (κ2) is 6.72. The zero-order chi connectivity index (χ0) is 23.2. The van der Waals surface area contributed by atoms with Gasteiger partial charge in [-0.25, -0.2) is 0 Å². The highest BCUT2D eigenvalue weighted by atomic mass is 16.5. The molecule has 2 aromatic rings. The molecule has 6 atom stereocenters. The Morgan fingerprint density at radius 3 is 2.09 bits per heavy atom. The van der Waals surface area contributed by atoms with E-state index < -0.39 is 59.1 Å². The number of benzene rings is 2. The summed E-state index contributed by atoms with van der Waals surface area (Å²) < 4.78 is 0. The Morgan fingerprint density at radius 1 is 0.727 bits per heavy atom. The summed E-state index contributed by atoms with van der Waals surface area (Å²) in [4.78, 5) is 51.0. The van der Waals surface area contributed by atoms with Gasteiger partial charge in [0.2, 0.25) is 0 Å². The Hall–Kier alpha value is -3.56. The Balaban J connectivity index is 1.58. The minimum Gasteiger partial charge on any atom is -0.507 e. The molecule has 0 radical (unpaired) electrons. The average molecular weight is 448 g/mol. The molecule has 4 aliphatic rings. The van der Waals surface area contributed by atoms with E-state index in [1.807, 2.05) is 12.1 Å². The van der Waals surface area contributed by atoms with Gasteiger partial charge in [0.15, 0.2) is 0 Å². The molecule has 2 heterocycles.